The number of hydrogen-bond acceptors (Lipinski definition) is 2. The Kier molecular flexibility index (Phi) is 7.08. The van der Waals surface area contributed by atoms with E-state index in [2.05, 4.69) is 144 Å². The summed E-state index contributed by atoms with van der Waals surface area (Å²) in [6, 6.07) is 50.5. The molecule has 0 unspecified atom stereocenters. The molecule has 0 bridgehead atoms. The number of pyridine rings is 1. The fourth-order valence-corrected chi connectivity index (χ4v) is 7.51. The number of rotatable bonds is 4. The van der Waals surface area contributed by atoms with Crippen LogP contribution in [0.5, 0.6) is 0 Å². The van der Waals surface area contributed by atoms with E-state index in [9.17, 15) is 0 Å². The number of nitrogens with zero attached hydrogens (tertiary/aromatic N) is 5. The van der Waals surface area contributed by atoms with Gasteiger partial charge >= 0.3 is 21.1 Å². The molecule has 0 saturated carbocycles. The number of para-hydroxylation sites is 3. The van der Waals surface area contributed by atoms with E-state index in [-0.39, 0.29) is 21.1 Å². The number of benzene rings is 6. The molecular formula is C44H29N5Pt. The van der Waals surface area contributed by atoms with E-state index in [0.717, 1.165) is 72.5 Å². The molecule has 0 fully saturated rings. The predicted octanol–water partition coefficient (Wildman–Crippen LogP) is 10.5. The molecule has 0 N–H and O–H groups in total. The molecule has 4 heterocycles. The Balaban J connectivity index is 0.00000336. The van der Waals surface area contributed by atoms with Crippen LogP contribution in [0.4, 0.5) is 0 Å². The Morgan fingerprint density at radius 2 is 1.46 bits per heavy atom. The number of hydrogen-bond donors (Lipinski definition) is 0. The third kappa shape index (κ3) is 4.50. The first kappa shape index (κ1) is 30.3. The summed E-state index contributed by atoms with van der Waals surface area (Å²) in [5.41, 5.74) is 12.5. The average molecular weight is 823 g/mol. The minimum atomic E-state index is 0. The zero-order valence-electron chi connectivity index (χ0n) is 27.3. The molecule has 4 aromatic heterocycles. The Morgan fingerprint density at radius 1 is 0.640 bits per heavy atom. The van der Waals surface area contributed by atoms with Crippen molar-refractivity contribution < 1.29 is 21.1 Å². The summed E-state index contributed by atoms with van der Waals surface area (Å²) in [4.78, 5) is 15.4. The van der Waals surface area contributed by atoms with Gasteiger partial charge in [0.2, 0.25) is 0 Å². The largest absolute Gasteiger partial charge is 2.00 e. The molecule has 0 spiro atoms. The van der Waals surface area contributed by atoms with Crippen LogP contribution in [0.3, 0.4) is 0 Å². The summed E-state index contributed by atoms with van der Waals surface area (Å²) in [5, 5.41) is 4.68. The maximum Gasteiger partial charge on any atom is 2.00 e. The van der Waals surface area contributed by atoms with E-state index in [1.165, 1.54) is 27.3 Å². The maximum absolute atomic E-state index is 5.49. The first-order valence-electron chi connectivity index (χ1n) is 16.5. The van der Waals surface area contributed by atoms with Crippen LogP contribution < -0.4 is 4.98 Å². The van der Waals surface area contributed by atoms with Crippen molar-refractivity contribution in [2.45, 2.75) is 13.8 Å². The quantitative estimate of drug-likeness (QED) is 0.166. The van der Waals surface area contributed by atoms with Gasteiger partial charge in [0.25, 0.3) is 0 Å². The molecule has 6 heteroatoms. The van der Waals surface area contributed by atoms with Gasteiger partial charge in [0.05, 0.1) is 11.0 Å². The average Bonchev–Trinajstić information content (AvgIpc) is 3.82. The standard InChI is InChI=1S/C44H29N5.Pt/c1-27-18-23-36-35(25-27)41-28(2)19-21-34(43(41)46-36)44-47-42-31(14-10-16-38(42)48(44)30-11-4-3-5-12-30)29-20-22-33-32-13-6-7-15-37(32)49(39(33)26-29)40-17-8-9-24-45-40;/h3-25H,1-2H3;/q-2;+2. The van der Waals surface area contributed by atoms with E-state index >= 15 is 0 Å². The molecule has 0 amide bonds. The van der Waals surface area contributed by atoms with Crippen molar-refractivity contribution in [1.82, 2.24) is 24.1 Å². The zero-order chi connectivity index (χ0) is 32.6. The van der Waals surface area contributed by atoms with Gasteiger partial charge in [0.1, 0.15) is 11.6 Å². The summed E-state index contributed by atoms with van der Waals surface area (Å²) in [7, 11) is 0. The SMILES string of the molecule is Cc1ccc2[n-]c3c(-c4nc5c(-c6[c-]c7c(cc6)c6ccccc6n7-c6ccccn6)cccc5n4-c4ccccc4)ccc(C)c3c2c1.[Pt+2]. The Morgan fingerprint density at radius 3 is 2.32 bits per heavy atom. The molecule has 5 nitrogen and oxygen atoms in total. The summed E-state index contributed by atoms with van der Waals surface area (Å²) in [6.45, 7) is 4.31. The number of aromatic nitrogens is 5. The fraction of sp³-hybridized carbons (Fsp3) is 0.0455. The second-order valence-electron chi connectivity index (χ2n) is 12.7. The molecule has 10 rings (SSSR count). The third-order valence-electron chi connectivity index (χ3n) is 9.73. The van der Waals surface area contributed by atoms with Gasteiger partial charge in [-0.05, 0) is 77.5 Å². The van der Waals surface area contributed by atoms with Crippen molar-refractivity contribution in [2.75, 3.05) is 0 Å². The van der Waals surface area contributed by atoms with Gasteiger partial charge in [0.15, 0.2) is 0 Å². The first-order chi connectivity index (χ1) is 24.1. The van der Waals surface area contributed by atoms with Crippen molar-refractivity contribution in [1.29, 1.82) is 0 Å². The fourth-order valence-electron chi connectivity index (χ4n) is 7.51. The van der Waals surface area contributed by atoms with E-state index in [4.69, 9.17) is 15.0 Å². The first-order valence-corrected chi connectivity index (χ1v) is 16.5. The van der Waals surface area contributed by atoms with Gasteiger partial charge in [-0.25, -0.2) is 9.97 Å². The van der Waals surface area contributed by atoms with Crippen LogP contribution >= 0.6 is 0 Å². The van der Waals surface area contributed by atoms with Gasteiger partial charge in [-0.1, -0.05) is 101 Å². The second kappa shape index (κ2) is 11.7. The van der Waals surface area contributed by atoms with Crippen molar-refractivity contribution in [3.8, 4) is 34.0 Å². The zero-order valence-corrected chi connectivity index (χ0v) is 29.6. The topological polar surface area (TPSA) is 49.7 Å². The van der Waals surface area contributed by atoms with Gasteiger partial charge < -0.3 is 9.55 Å². The van der Waals surface area contributed by atoms with E-state index in [0.29, 0.717) is 0 Å². The van der Waals surface area contributed by atoms with Gasteiger partial charge in [-0.2, -0.15) is 0 Å². The summed E-state index contributed by atoms with van der Waals surface area (Å²) < 4.78 is 4.48. The van der Waals surface area contributed by atoms with Crippen LogP contribution in [-0.2, 0) is 21.1 Å². The maximum atomic E-state index is 5.49. The second-order valence-corrected chi connectivity index (χ2v) is 12.7. The van der Waals surface area contributed by atoms with Gasteiger partial charge in [0, 0.05) is 23.0 Å². The summed E-state index contributed by atoms with van der Waals surface area (Å²) in [6.07, 6.45) is 1.84. The molecule has 0 saturated heterocycles. The summed E-state index contributed by atoms with van der Waals surface area (Å²) >= 11 is 0. The van der Waals surface area contributed by atoms with E-state index < -0.39 is 0 Å². The molecule has 6 aromatic carbocycles. The van der Waals surface area contributed by atoms with Gasteiger partial charge in [-0.3, -0.25) is 4.57 Å². The molecular weight excluding hydrogens is 794 g/mol. The van der Waals surface area contributed by atoms with Crippen molar-refractivity contribution in [3.63, 3.8) is 0 Å². The Labute approximate surface area is 303 Å². The summed E-state index contributed by atoms with van der Waals surface area (Å²) in [5.74, 6) is 1.73. The van der Waals surface area contributed by atoms with Crippen LogP contribution in [0.1, 0.15) is 11.1 Å². The monoisotopic (exact) mass is 822 g/mol. The van der Waals surface area contributed by atoms with Gasteiger partial charge in [-0.15, -0.1) is 34.8 Å². The van der Waals surface area contributed by atoms with Crippen LogP contribution in [0.2, 0.25) is 0 Å². The normalized spacial score (nSPS) is 11.6. The molecule has 0 radical (unpaired) electrons. The van der Waals surface area contributed by atoms with Crippen molar-refractivity contribution in [3.05, 3.63) is 157 Å². The molecule has 0 aliphatic carbocycles. The van der Waals surface area contributed by atoms with E-state index in [1.807, 2.05) is 24.4 Å². The number of fused-ring (bicyclic) bond motifs is 7. The number of imidazole rings is 1. The molecule has 0 aliphatic heterocycles. The van der Waals surface area contributed by atoms with E-state index in [1.54, 1.807) is 0 Å². The molecule has 0 aliphatic rings. The van der Waals surface area contributed by atoms with Crippen LogP contribution in [0.25, 0.3) is 88.7 Å². The molecule has 0 atom stereocenters. The van der Waals surface area contributed by atoms with Crippen LogP contribution in [0, 0.1) is 19.9 Å². The molecule has 50 heavy (non-hydrogen) atoms. The molecule has 10 aromatic rings. The Hall–Kier alpha value is -5.77. The third-order valence-corrected chi connectivity index (χ3v) is 9.73. The molecule has 240 valence electrons. The van der Waals surface area contributed by atoms with Crippen molar-refractivity contribution >= 4 is 54.6 Å². The predicted molar refractivity (Wildman–Crippen MR) is 201 cm³/mol. The van der Waals surface area contributed by atoms with Crippen molar-refractivity contribution in [2.24, 2.45) is 0 Å². The van der Waals surface area contributed by atoms with Crippen LogP contribution in [-0.4, -0.2) is 19.1 Å². The number of aryl methyl sites for hydroxylation is 2. The van der Waals surface area contributed by atoms with Crippen LogP contribution in [0.15, 0.2) is 140 Å². The minimum absolute atomic E-state index is 0. The Bertz CT molecular complexity index is 2900. The minimum Gasteiger partial charge on any atom is -0.656 e. The smallest absolute Gasteiger partial charge is 0.656 e.